The lowest BCUT2D eigenvalue weighted by molar-refractivity contribution is 0.0597. The van der Waals surface area contributed by atoms with Crippen molar-refractivity contribution in [2.45, 2.75) is 37.8 Å². The van der Waals surface area contributed by atoms with E-state index in [1.165, 1.54) is 12.8 Å². The van der Waals surface area contributed by atoms with Gasteiger partial charge in [-0.05, 0) is 53.4 Å². The third-order valence-corrected chi connectivity index (χ3v) is 3.77. The standard InChI is InChI=1S/C14H20BrNO2/c1-14(17,9-16-11-4-5-11)8-10-3-6-13(18-2)12(15)7-10/h3,6-7,11,16-17H,4-5,8-9H2,1-2H3. The summed E-state index contributed by atoms with van der Waals surface area (Å²) in [5.41, 5.74) is 0.390. The molecule has 18 heavy (non-hydrogen) atoms. The molecule has 2 rings (SSSR count). The quantitative estimate of drug-likeness (QED) is 0.848. The number of aliphatic hydroxyl groups is 1. The smallest absolute Gasteiger partial charge is 0.133 e. The summed E-state index contributed by atoms with van der Waals surface area (Å²) in [6, 6.07) is 6.54. The van der Waals surface area contributed by atoms with Gasteiger partial charge < -0.3 is 15.2 Å². The summed E-state index contributed by atoms with van der Waals surface area (Å²) in [7, 11) is 1.65. The normalized spacial score (nSPS) is 18.4. The third kappa shape index (κ3) is 3.97. The van der Waals surface area contributed by atoms with E-state index >= 15 is 0 Å². The number of rotatable bonds is 6. The minimum atomic E-state index is -0.712. The highest BCUT2D eigenvalue weighted by Crippen LogP contribution is 2.27. The van der Waals surface area contributed by atoms with E-state index in [0.29, 0.717) is 19.0 Å². The molecule has 0 aliphatic heterocycles. The Bertz CT molecular complexity index is 416. The Balaban J connectivity index is 1.95. The van der Waals surface area contributed by atoms with Crippen molar-refractivity contribution < 1.29 is 9.84 Å². The Morgan fingerprint density at radius 1 is 1.50 bits per heavy atom. The Hall–Kier alpha value is -0.580. The second-order valence-corrected chi connectivity index (χ2v) is 6.15. The summed E-state index contributed by atoms with van der Waals surface area (Å²) in [6.07, 6.45) is 3.11. The molecule has 2 N–H and O–H groups in total. The lowest BCUT2D eigenvalue weighted by Crippen LogP contribution is -2.40. The minimum Gasteiger partial charge on any atom is -0.496 e. The van der Waals surface area contributed by atoms with Gasteiger partial charge in [0.05, 0.1) is 17.2 Å². The molecule has 4 heteroatoms. The van der Waals surface area contributed by atoms with Crippen molar-refractivity contribution in [2.24, 2.45) is 0 Å². The summed E-state index contributed by atoms with van der Waals surface area (Å²) in [5, 5.41) is 13.7. The molecule has 0 saturated heterocycles. The molecule has 0 aromatic heterocycles. The van der Waals surface area contributed by atoms with E-state index in [2.05, 4.69) is 21.2 Å². The Labute approximate surface area is 117 Å². The van der Waals surface area contributed by atoms with Crippen molar-refractivity contribution in [1.29, 1.82) is 0 Å². The van der Waals surface area contributed by atoms with Gasteiger partial charge in [-0.15, -0.1) is 0 Å². The van der Waals surface area contributed by atoms with Crippen molar-refractivity contribution in [2.75, 3.05) is 13.7 Å². The molecule has 0 radical (unpaired) electrons. The van der Waals surface area contributed by atoms with Crippen LogP contribution in [0.4, 0.5) is 0 Å². The Kier molecular flexibility index (Phi) is 4.30. The first-order valence-electron chi connectivity index (χ1n) is 6.28. The van der Waals surface area contributed by atoms with Crippen LogP contribution in [0.3, 0.4) is 0 Å². The van der Waals surface area contributed by atoms with Gasteiger partial charge in [0.25, 0.3) is 0 Å². The first-order chi connectivity index (χ1) is 8.50. The summed E-state index contributed by atoms with van der Waals surface area (Å²) < 4.78 is 6.12. The number of halogens is 1. The fraction of sp³-hybridized carbons (Fsp3) is 0.571. The zero-order valence-electron chi connectivity index (χ0n) is 10.9. The average molecular weight is 314 g/mol. The fourth-order valence-corrected chi connectivity index (χ4v) is 2.56. The number of ether oxygens (including phenoxy) is 1. The molecule has 3 nitrogen and oxygen atoms in total. The molecule has 1 fully saturated rings. The number of hydrogen-bond acceptors (Lipinski definition) is 3. The zero-order chi connectivity index (χ0) is 13.2. The lowest BCUT2D eigenvalue weighted by Gasteiger charge is -2.24. The first kappa shape index (κ1) is 13.8. The number of benzene rings is 1. The van der Waals surface area contributed by atoms with Gasteiger partial charge in [0.1, 0.15) is 5.75 Å². The molecule has 1 aliphatic carbocycles. The van der Waals surface area contributed by atoms with E-state index in [4.69, 9.17) is 4.74 Å². The fourth-order valence-electron chi connectivity index (χ4n) is 1.97. The summed E-state index contributed by atoms with van der Waals surface area (Å²) in [5.74, 6) is 0.814. The topological polar surface area (TPSA) is 41.5 Å². The highest BCUT2D eigenvalue weighted by atomic mass is 79.9. The SMILES string of the molecule is COc1ccc(CC(C)(O)CNC2CC2)cc1Br. The van der Waals surface area contributed by atoms with Gasteiger partial charge in [0, 0.05) is 19.0 Å². The van der Waals surface area contributed by atoms with E-state index in [-0.39, 0.29) is 0 Å². The van der Waals surface area contributed by atoms with Crippen LogP contribution in [0, 0.1) is 0 Å². The van der Waals surface area contributed by atoms with E-state index in [9.17, 15) is 5.11 Å². The van der Waals surface area contributed by atoms with Gasteiger partial charge in [-0.2, -0.15) is 0 Å². The molecule has 1 aliphatic rings. The Morgan fingerprint density at radius 3 is 2.78 bits per heavy atom. The molecule has 1 aromatic rings. The van der Waals surface area contributed by atoms with Crippen LogP contribution in [0.25, 0.3) is 0 Å². The van der Waals surface area contributed by atoms with Gasteiger partial charge in [-0.25, -0.2) is 0 Å². The molecule has 0 spiro atoms. The molecule has 1 aromatic carbocycles. The maximum Gasteiger partial charge on any atom is 0.133 e. The lowest BCUT2D eigenvalue weighted by atomic mass is 9.96. The van der Waals surface area contributed by atoms with Crippen LogP contribution in [0.2, 0.25) is 0 Å². The van der Waals surface area contributed by atoms with E-state index in [0.717, 1.165) is 15.8 Å². The maximum atomic E-state index is 10.4. The average Bonchev–Trinajstić information content (AvgIpc) is 3.10. The minimum absolute atomic E-state index is 0.624. The molecule has 1 unspecified atom stereocenters. The Morgan fingerprint density at radius 2 is 2.22 bits per heavy atom. The second-order valence-electron chi connectivity index (χ2n) is 5.30. The molecular weight excluding hydrogens is 294 g/mol. The van der Waals surface area contributed by atoms with Gasteiger partial charge in [-0.3, -0.25) is 0 Å². The van der Waals surface area contributed by atoms with Crippen LogP contribution in [0.5, 0.6) is 5.75 Å². The number of methoxy groups -OCH3 is 1. The molecule has 0 heterocycles. The highest BCUT2D eigenvalue weighted by molar-refractivity contribution is 9.10. The predicted octanol–water partition coefficient (Wildman–Crippen LogP) is 2.50. The van der Waals surface area contributed by atoms with Crippen LogP contribution in [0.1, 0.15) is 25.3 Å². The monoisotopic (exact) mass is 313 g/mol. The summed E-state index contributed by atoms with van der Waals surface area (Å²) in [4.78, 5) is 0. The van der Waals surface area contributed by atoms with Crippen molar-refractivity contribution in [3.8, 4) is 5.75 Å². The first-order valence-corrected chi connectivity index (χ1v) is 7.08. The zero-order valence-corrected chi connectivity index (χ0v) is 12.5. The van der Waals surface area contributed by atoms with Crippen molar-refractivity contribution in [3.63, 3.8) is 0 Å². The van der Waals surface area contributed by atoms with E-state index in [1.807, 2.05) is 25.1 Å². The third-order valence-electron chi connectivity index (χ3n) is 3.15. The van der Waals surface area contributed by atoms with Gasteiger partial charge in [0.2, 0.25) is 0 Å². The van der Waals surface area contributed by atoms with Crippen LogP contribution < -0.4 is 10.1 Å². The van der Waals surface area contributed by atoms with Crippen LogP contribution in [-0.2, 0) is 6.42 Å². The van der Waals surface area contributed by atoms with Crippen molar-refractivity contribution in [1.82, 2.24) is 5.32 Å². The van der Waals surface area contributed by atoms with Crippen molar-refractivity contribution in [3.05, 3.63) is 28.2 Å². The molecule has 1 saturated carbocycles. The van der Waals surface area contributed by atoms with Crippen molar-refractivity contribution >= 4 is 15.9 Å². The van der Waals surface area contributed by atoms with E-state index in [1.54, 1.807) is 7.11 Å². The van der Waals surface area contributed by atoms with Gasteiger partial charge in [0.15, 0.2) is 0 Å². The predicted molar refractivity (Wildman–Crippen MR) is 76.0 cm³/mol. The second kappa shape index (κ2) is 5.59. The molecule has 0 amide bonds. The van der Waals surface area contributed by atoms with E-state index < -0.39 is 5.60 Å². The molecular formula is C14H20BrNO2. The number of nitrogens with one attached hydrogen (secondary N) is 1. The molecule has 0 bridgehead atoms. The van der Waals surface area contributed by atoms with Gasteiger partial charge >= 0.3 is 0 Å². The summed E-state index contributed by atoms with van der Waals surface area (Å²) >= 11 is 3.46. The highest BCUT2D eigenvalue weighted by Gasteiger charge is 2.26. The van der Waals surface area contributed by atoms with Crippen LogP contribution in [-0.4, -0.2) is 30.4 Å². The molecule has 1 atom stereocenters. The largest absolute Gasteiger partial charge is 0.496 e. The van der Waals surface area contributed by atoms with Crippen LogP contribution in [0.15, 0.2) is 22.7 Å². The van der Waals surface area contributed by atoms with Crippen LogP contribution >= 0.6 is 15.9 Å². The maximum absolute atomic E-state index is 10.4. The molecule has 100 valence electrons. The van der Waals surface area contributed by atoms with Gasteiger partial charge in [-0.1, -0.05) is 6.07 Å². The summed E-state index contributed by atoms with van der Waals surface area (Å²) in [6.45, 7) is 2.52. The number of hydrogen-bond donors (Lipinski definition) is 2.